The highest BCUT2D eigenvalue weighted by atomic mass is 19.1. The number of carbonyl (C=O) groups is 1. The Labute approximate surface area is 194 Å². The van der Waals surface area contributed by atoms with Crippen molar-refractivity contribution >= 4 is 5.97 Å². The molecule has 2 aliphatic carbocycles. The van der Waals surface area contributed by atoms with Crippen molar-refractivity contribution in [2.45, 2.75) is 76.2 Å². The molecule has 3 rings (SSSR count). The minimum atomic E-state index is -0.787. The van der Waals surface area contributed by atoms with Crippen LogP contribution in [0.25, 0.3) is 0 Å². The fourth-order valence-electron chi connectivity index (χ4n) is 4.96. The third-order valence-corrected chi connectivity index (χ3v) is 6.95. The molecule has 2 saturated carbocycles. The Morgan fingerprint density at radius 2 is 1.82 bits per heavy atom. The van der Waals surface area contributed by atoms with Gasteiger partial charge in [-0.15, -0.1) is 0 Å². The van der Waals surface area contributed by atoms with Crippen molar-refractivity contribution in [3.8, 4) is 12.1 Å². The van der Waals surface area contributed by atoms with Gasteiger partial charge in [-0.2, -0.15) is 14.9 Å². The van der Waals surface area contributed by atoms with Gasteiger partial charge < -0.3 is 4.74 Å². The van der Waals surface area contributed by atoms with Crippen LogP contribution in [0.2, 0.25) is 0 Å². The van der Waals surface area contributed by atoms with E-state index in [1.807, 2.05) is 18.2 Å². The maximum Gasteiger partial charge on any atom is 0.309 e. The molecule has 0 bridgehead atoms. The molecule has 0 aliphatic heterocycles. The van der Waals surface area contributed by atoms with E-state index in [2.05, 4.69) is 0 Å². The number of nitriles is 2. The summed E-state index contributed by atoms with van der Waals surface area (Å²) in [5, 5.41) is 17.2. The number of ether oxygens (including phenoxy) is 1. The second-order valence-corrected chi connectivity index (χ2v) is 9.11. The van der Waals surface area contributed by atoms with Crippen molar-refractivity contribution in [1.29, 1.82) is 10.5 Å². The summed E-state index contributed by atoms with van der Waals surface area (Å²) in [4.78, 5) is 12.7. The minimum absolute atomic E-state index is 0.0118. The van der Waals surface area contributed by atoms with E-state index in [-0.39, 0.29) is 29.5 Å². The Kier molecular flexibility index (Phi) is 9.19. The smallest absolute Gasteiger partial charge is 0.309 e. The van der Waals surface area contributed by atoms with Crippen LogP contribution in [0.4, 0.5) is 8.78 Å². The lowest BCUT2D eigenvalue weighted by molar-refractivity contribution is -0.157. The van der Waals surface area contributed by atoms with Crippen LogP contribution in [0.3, 0.4) is 0 Å². The lowest BCUT2D eigenvalue weighted by Gasteiger charge is -2.31. The molecule has 174 valence electrons. The van der Waals surface area contributed by atoms with E-state index in [1.54, 1.807) is 6.08 Å². The van der Waals surface area contributed by atoms with Gasteiger partial charge in [0, 0.05) is 0 Å². The van der Waals surface area contributed by atoms with Gasteiger partial charge in [0.25, 0.3) is 0 Å². The van der Waals surface area contributed by atoms with Gasteiger partial charge in [-0.1, -0.05) is 18.2 Å². The molecule has 0 unspecified atom stereocenters. The zero-order chi connectivity index (χ0) is 23.6. The van der Waals surface area contributed by atoms with Gasteiger partial charge in [0.05, 0.1) is 11.5 Å². The van der Waals surface area contributed by atoms with Gasteiger partial charge in [0.15, 0.2) is 5.83 Å². The van der Waals surface area contributed by atoms with Crippen molar-refractivity contribution in [3.63, 3.8) is 0 Å². The first kappa shape index (κ1) is 24.6. The van der Waals surface area contributed by atoms with E-state index in [0.717, 1.165) is 69.8 Å². The molecule has 6 heteroatoms. The molecule has 0 spiro atoms. The second-order valence-electron chi connectivity index (χ2n) is 9.11. The largest absolute Gasteiger partial charge is 0.462 e. The van der Waals surface area contributed by atoms with E-state index in [9.17, 15) is 13.6 Å². The van der Waals surface area contributed by atoms with Gasteiger partial charge in [0.2, 0.25) is 0 Å². The molecule has 0 radical (unpaired) electrons. The van der Waals surface area contributed by atoms with Crippen LogP contribution in [-0.2, 0) is 9.53 Å². The van der Waals surface area contributed by atoms with Crippen LogP contribution in [0.5, 0.6) is 0 Å². The molecule has 1 aromatic rings. The van der Waals surface area contributed by atoms with Gasteiger partial charge in [-0.05, 0) is 99.8 Å². The third kappa shape index (κ3) is 7.26. The van der Waals surface area contributed by atoms with Gasteiger partial charge in [0.1, 0.15) is 24.1 Å². The van der Waals surface area contributed by atoms with E-state index in [0.29, 0.717) is 5.92 Å². The Bertz CT molecular complexity index is 957. The topological polar surface area (TPSA) is 73.9 Å². The number of hydrogen-bond donors (Lipinski definition) is 0. The predicted molar refractivity (Wildman–Crippen MR) is 121 cm³/mol. The normalized spacial score (nSPS) is 25.9. The molecule has 0 N–H and O–H groups in total. The molecule has 0 atom stereocenters. The number of benzene rings is 1. The van der Waals surface area contributed by atoms with Crippen LogP contribution in [-0.4, -0.2) is 12.1 Å². The standard InChI is InChI=1S/C27H30F2N2O2/c28-24(18-31)5-3-1-2-4-19-6-14-25(15-7-19)33-27(32)21-10-8-20(9-11-21)22-12-13-23(17-30)26(29)16-22/h1,3,5,12-13,16,19-21,25H,2,4,6-11,14-15H2/b3-1+,24-5?. The number of carbonyl (C=O) groups excluding carboxylic acids is 1. The Balaban J connectivity index is 1.36. The zero-order valence-electron chi connectivity index (χ0n) is 18.8. The first-order valence-corrected chi connectivity index (χ1v) is 11.8. The molecule has 4 nitrogen and oxygen atoms in total. The van der Waals surface area contributed by atoms with Gasteiger partial charge in [-0.25, -0.2) is 4.39 Å². The lowest BCUT2D eigenvalue weighted by atomic mass is 9.78. The van der Waals surface area contributed by atoms with E-state index >= 15 is 0 Å². The molecule has 2 aliphatic rings. The summed E-state index contributed by atoms with van der Waals surface area (Å²) in [5.74, 6) is -0.658. The van der Waals surface area contributed by atoms with Crippen LogP contribution in [0.15, 0.2) is 42.3 Å². The monoisotopic (exact) mass is 452 g/mol. The molecule has 0 aromatic heterocycles. The Morgan fingerprint density at radius 1 is 1.09 bits per heavy atom. The first-order valence-electron chi connectivity index (χ1n) is 11.8. The lowest BCUT2D eigenvalue weighted by Crippen LogP contribution is -2.29. The van der Waals surface area contributed by atoms with Crippen molar-refractivity contribution in [2.24, 2.45) is 11.8 Å². The highest BCUT2D eigenvalue weighted by molar-refractivity contribution is 5.72. The number of rotatable bonds is 7. The van der Waals surface area contributed by atoms with Crippen LogP contribution in [0, 0.1) is 40.3 Å². The maximum atomic E-state index is 13.9. The molecular formula is C27H30F2N2O2. The Hall–Kier alpha value is -2.99. The average Bonchev–Trinajstić information content (AvgIpc) is 2.84. The quantitative estimate of drug-likeness (QED) is 0.259. The number of allylic oxidation sites excluding steroid dienone is 4. The van der Waals surface area contributed by atoms with E-state index < -0.39 is 11.6 Å². The fourth-order valence-corrected chi connectivity index (χ4v) is 4.96. The number of halogens is 2. The molecule has 33 heavy (non-hydrogen) atoms. The number of nitrogens with zero attached hydrogens (tertiary/aromatic N) is 2. The second kappa shape index (κ2) is 12.3. The molecular weight excluding hydrogens is 422 g/mol. The highest BCUT2D eigenvalue weighted by Gasteiger charge is 2.31. The molecule has 2 fully saturated rings. The molecule has 0 heterocycles. The van der Waals surface area contributed by atoms with Crippen LogP contribution in [0.1, 0.15) is 81.3 Å². The fraction of sp³-hybridized carbons (Fsp3) is 0.519. The van der Waals surface area contributed by atoms with Crippen LogP contribution >= 0.6 is 0 Å². The molecule has 0 amide bonds. The summed E-state index contributed by atoms with van der Waals surface area (Å²) >= 11 is 0. The average molecular weight is 453 g/mol. The summed E-state index contributed by atoms with van der Waals surface area (Å²) in [6.07, 6.45) is 13.4. The SMILES string of the molecule is N#CC(F)=C/C=C/CCC1CCC(OC(=O)C2CCC(c3ccc(C#N)c(F)c3)CC2)CC1. The van der Waals surface area contributed by atoms with Crippen LogP contribution < -0.4 is 0 Å². The summed E-state index contributed by atoms with van der Waals surface area (Å²) in [7, 11) is 0. The predicted octanol–water partition coefficient (Wildman–Crippen LogP) is 6.79. The van der Waals surface area contributed by atoms with E-state index in [1.165, 1.54) is 24.3 Å². The van der Waals surface area contributed by atoms with Gasteiger partial charge in [-0.3, -0.25) is 4.79 Å². The molecule has 0 saturated heterocycles. The zero-order valence-corrected chi connectivity index (χ0v) is 18.8. The number of hydrogen-bond acceptors (Lipinski definition) is 4. The third-order valence-electron chi connectivity index (χ3n) is 6.95. The summed E-state index contributed by atoms with van der Waals surface area (Å²) < 4.78 is 32.5. The first-order chi connectivity index (χ1) is 16.0. The summed E-state index contributed by atoms with van der Waals surface area (Å²) in [6.45, 7) is 0. The molecule has 1 aromatic carbocycles. The maximum absolute atomic E-state index is 13.9. The van der Waals surface area contributed by atoms with Crippen molar-refractivity contribution < 1.29 is 18.3 Å². The van der Waals surface area contributed by atoms with E-state index in [4.69, 9.17) is 15.3 Å². The summed E-state index contributed by atoms with van der Waals surface area (Å²) in [6, 6.07) is 8.10. The summed E-state index contributed by atoms with van der Waals surface area (Å²) in [5.41, 5.74) is 0.961. The Morgan fingerprint density at radius 3 is 2.45 bits per heavy atom. The van der Waals surface area contributed by atoms with Crippen molar-refractivity contribution in [1.82, 2.24) is 0 Å². The van der Waals surface area contributed by atoms with Crippen molar-refractivity contribution in [3.05, 3.63) is 59.2 Å². The number of esters is 1. The highest BCUT2D eigenvalue weighted by Crippen LogP contribution is 2.37. The van der Waals surface area contributed by atoms with Gasteiger partial charge >= 0.3 is 5.97 Å². The van der Waals surface area contributed by atoms with Crippen molar-refractivity contribution in [2.75, 3.05) is 0 Å². The minimum Gasteiger partial charge on any atom is -0.462 e.